The van der Waals surface area contributed by atoms with E-state index in [1.54, 1.807) is 0 Å². The van der Waals surface area contributed by atoms with Crippen molar-refractivity contribution >= 4 is 0 Å². The van der Waals surface area contributed by atoms with Crippen molar-refractivity contribution in [1.82, 2.24) is 10.2 Å². The second kappa shape index (κ2) is 7.43. The van der Waals surface area contributed by atoms with Crippen LogP contribution in [-0.2, 0) is 4.74 Å². The van der Waals surface area contributed by atoms with E-state index in [1.165, 1.54) is 51.7 Å². The van der Waals surface area contributed by atoms with Crippen molar-refractivity contribution in [2.45, 2.75) is 52.9 Å². The highest BCUT2D eigenvalue weighted by Crippen LogP contribution is 2.36. The van der Waals surface area contributed by atoms with Crippen molar-refractivity contribution < 1.29 is 4.74 Å². The number of nitrogens with zero attached hydrogens (tertiary/aromatic N) is 1. The normalized spacial score (nSPS) is 28.3. The summed E-state index contributed by atoms with van der Waals surface area (Å²) in [6, 6.07) is 0. The molecule has 0 aromatic carbocycles. The summed E-state index contributed by atoms with van der Waals surface area (Å²) < 4.78 is 5.60. The molecule has 0 bridgehead atoms. The molecule has 2 saturated heterocycles. The minimum Gasteiger partial charge on any atom is -0.381 e. The number of likely N-dealkylation sites (tertiary alicyclic amines) is 1. The van der Waals surface area contributed by atoms with Gasteiger partial charge in [0.25, 0.3) is 0 Å². The van der Waals surface area contributed by atoms with Crippen molar-refractivity contribution in [3.63, 3.8) is 0 Å². The lowest BCUT2D eigenvalue weighted by molar-refractivity contribution is -0.00336. The van der Waals surface area contributed by atoms with Gasteiger partial charge in [-0.1, -0.05) is 20.8 Å². The van der Waals surface area contributed by atoms with Gasteiger partial charge in [0.2, 0.25) is 0 Å². The predicted molar refractivity (Wildman–Crippen MR) is 89.6 cm³/mol. The van der Waals surface area contributed by atoms with Gasteiger partial charge in [-0.2, -0.15) is 0 Å². The quantitative estimate of drug-likeness (QED) is 0.862. The molecule has 1 atom stereocenters. The lowest BCUT2D eigenvalue weighted by Gasteiger charge is -2.41. The van der Waals surface area contributed by atoms with Crippen LogP contribution in [0.3, 0.4) is 0 Å². The second-order valence-corrected chi connectivity index (χ2v) is 8.41. The summed E-state index contributed by atoms with van der Waals surface area (Å²) >= 11 is 0. The molecule has 0 amide bonds. The highest BCUT2D eigenvalue weighted by atomic mass is 16.5. The van der Waals surface area contributed by atoms with Crippen LogP contribution in [-0.4, -0.2) is 51.3 Å². The van der Waals surface area contributed by atoms with E-state index in [1.807, 2.05) is 0 Å². The van der Waals surface area contributed by atoms with E-state index >= 15 is 0 Å². The number of nitrogens with one attached hydrogen (secondary N) is 1. The Balaban J connectivity index is 1.92. The molecule has 124 valence electrons. The molecule has 2 fully saturated rings. The van der Waals surface area contributed by atoms with Crippen LogP contribution in [0.5, 0.6) is 0 Å². The van der Waals surface area contributed by atoms with Crippen LogP contribution < -0.4 is 5.32 Å². The maximum absolute atomic E-state index is 5.60. The Labute approximate surface area is 131 Å². The van der Waals surface area contributed by atoms with E-state index in [-0.39, 0.29) is 0 Å². The Morgan fingerprint density at radius 3 is 2.48 bits per heavy atom. The summed E-state index contributed by atoms with van der Waals surface area (Å²) in [5, 5.41) is 3.43. The second-order valence-electron chi connectivity index (χ2n) is 8.41. The topological polar surface area (TPSA) is 24.5 Å². The molecule has 2 heterocycles. The van der Waals surface area contributed by atoms with Gasteiger partial charge in [-0.25, -0.2) is 0 Å². The van der Waals surface area contributed by atoms with Gasteiger partial charge in [0.1, 0.15) is 0 Å². The van der Waals surface area contributed by atoms with Gasteiger partial charge in [-0.3, -0.25) is 0 Å². The standard InChI is InChI=1S/C18H36N2O/c1-17(2,3)16-6-5-10-20(11-7-16)15-18(14-19-4)8-12-21-13-9-18/h16,19H,5-15H2,1-4H3. The molecule has 3 nitrogen and oxygen atoms in total. The lowest BCUT2D eigenvalue weighted by atomic mass is 9.76. The van der Waals surface area contributed by atoms with Gasteiger partial charge in [0, 0.05) is 26.3 Å². The SMILES string of the molecule is CNCC1(CN2CCCC(C(C)(C)C)CC2)CCOCC1. The molecule has 0 aliphatic carbocycles. The van der Waals surface area contributed by atoms with Crippen LogP contribution in [0.25, 0.3) is 0 Å². The van der Waals surface area contributed by atoms with Crippen molar-refractivity contribution in [3.05, 3.63) is 0 Å². The Morgan fingerprint density at radius 1 is 1.14 bits per heavy atom. The molecule has 0 saturated carbocycles. The Hall–Kier alpha value is -0.120. The minimum atomic E-state index is 0.439. The number of rotatable bonds is 4. The molecular formula is C18H36N2O. The predicted octanol–water partition coefficient (Wildman–Crippen LogP) is 3.15. The first-order valence-corrected chi connectivity index (χ1v) is 8.90. The van der Waals surface area contributed by atoms with Gasteiger partial charge >= 0.3 is 0 Å². The summed E-state index contributed by atoms with van der Waals surface area (Å²) in [5.74, 6) is 0.887. The molecule has 2 aliphatic rings. The summed E-state index contributed by atoms with van der Waals surface area (Å²) in [6.45, 7) is 14.1. The summed E-state index contributed by atoms with van der Waals surface area (Å²) in [7, 11) is 2.09. The molecule has 0 aromatic rings. The molecule has 1 unspecified atom stereocenters. The van der Waals surface area contributed by atoms with E-state index < -0.39 is 0 Å². The third kappa shape index (κ3) is 4.94. The van der Waals surface area contributed by atoms with Crippen LogP contribution in [0.4, 0.5) is 0 Å². The molecule has 21 heavy (non-hydrogen) atoms. The van der Waals surface area contributed by atoms with Crippen LogP contribution in [0.2, 0.25) is 0 Å². The summed E-state index contributed by atoms with van der Waals surface area (Å²) in [5.41, 5.74) is 0.909. The van der Waals surface area contributed by atoms with Crippen molar-refractivity contribution in [2.24, 2.45) is 16.7 Å². The molecular weight excluding hydrogens is 260 g/mol. The zero-order chi connectivity index (χ0) is 15.3. The van der Waals surface area contributed by atoms with Gasteiger partial charge < -0.3 is 15.0 Å². The van der Waals surface area contributed by atoms with Crippen molar-refractivity contribution in [1.29, 1.82) is 0 Å². The first kappa shape index (κ1) is 17.2. The molecule has 2 rings (SSSR count). The Morgan fingerprint density at radius 2 is 1.86 bits per heavy atom. The summed E-state index contributed by atoms with van der Waals surface area (Å²) in [6.07, 6.45) is 6.58. The van der Waals surface area contributed by atoms with E-state index in [0.717, 1.165) is 25.7 Å². The van der Waals surface area contributed by atoms with Crippen molar-refractivity contribution in [3.8, 4) is 0 Å². The number of hydrogen-bond donors (Lipinski definition) is 1. The molecule has 0 aromatic heterocycles. The first-order valence-electron chi connectivity index (χ1n) is 8.90. The van der Waals surface area contributed by atoms with E-state index in [2.05, 4.69) is 38.0 Å². The maximum Gasteiger partial charge on any atom is 0.0472 e. The van der Waals surface area contributed by atoms with E-state index in [9.17, 15) is 0 Å². The zero-order valence-electron chi connectivity index (χ0n) is 14.7. The Kier molecular flexibility index (Phi) is 6.10. The van der Waals surface area contributed by atoms with E-state index in [4.69, 9.17) is 4.74 Å². The van der Waals surface area contributed by atoms with Crippen LogP contribution >= 0.6 is 0 Å². The lowest BCUT2D eigenvalue weighted by Crippen LogP contribution is -2.47. The highest BCUT2D eigenvalue weighted by molar-refractivity contribution is 4.88. The van der Waals surface area contributed by atoms with E-state index in [0.29, 0.717) is 10.8 Å². The molecule has 0 radical (unpaired) electrons. The number of hydrogen-bond acceptors (Lipinski definition) is 3. The molecule has 2 aliphatic heterocycles. The first-order chi connectivity index (χ1) is 9.95. The fourth-order valence-corrected chi connectivity index (χ4v) is 4.22. The van der Waals surface area contributed by atoms with Gasteiger partial charge in [0.15, 0.2) is 0 Å². The van der Waals surface area contributed by atoms with Gasteiger partial charge in [-0.15, -0.1) is 0 Å². The fourth-order valence-electron chi connectivity index (χ4n) is 4.22. The van der Waals surface area contributed by atoms with Gasteiger partial charge in [-0.05, 0) is 69.0 Å². The third-order valence-corrected chi connectivity index (χ3v) is 5.71. The average Bonchev–Trinajstić information content (AvgIpc) is 2.65. The number of ether oxygens (including phenoxy) is 1. The highest BCUT2D eigenvalue weighted by Gasteiger charge is 2.35. The summed E-state index contributed by atoms with van der Waals surface area (Å²) in [4.78, 5) is 2.74. The maximum atomic E-state index is 5.60. The monoisotopic (exact) mass is 296 g/mol. The zero-order valence-corrected chi connectivity index (χ0v) is 14.7. The van der Waals surface area contributed by atoms with Crippen LogP contribution in [0.15, 0.2) is 0 Å². The average molecular weight is 296 g/mol. The van der Waals surface area contributed by atoms with Crippen LogP contribution in [0.1, 0.15) is 52.9 Å². The Bertz CT molecular complexity index is 299. The smallest absolute Gasteiger partial charge is 0.0472 e. The van der Waals surface area contributed by atoms with Crippen LogP contribution in [0, 0.1) is 16.7 Å². The minimum absolute atomic E-state index is 0.439. The fraction of sp³-hybridized carbons (Fsp3) is 1.00. The molecule has 3 heteroatoms. The van der Waals surface area contributed by atoms with Gasteiger partial charge in [0.05, 0.1) is 0 Å². The van der Waals surface area contributed by atoms with Crippen molar-refractivity contribution in [2.75, 3.05) is 46.4 Å². The molecule has 0 spiro atoms. The third-order valence-electron chi connectivity index (χ3n) is 5.71. The largest absolute Gasteiger partial charge is 0.381 e. The molecule has 1 N–H and O–H groups in total.